The van der Waals surface area contributed by atoms with E-state index in [1.54, 1.807) is 12.3 Å². The lowest BCUT2D eigenvalue weighted by molar-refractivity contribution is 0.0786. The molecule has 0 radical (unpaired) electrons. The van der Waals surface area contributed by atoms with E-state index in [0.717, 1.165) is 26.1 Å². The summed E-state index contributed by atoms with van der Waals surface area (Å²) in [5.74, 6) is 1.36. The van der Waals surface area contributed by atoms with Crippen LogP contribution in [0.1, 0.15) is 43.5 Å². The number of halogens is 1. The van der Waals surface area contributed by atoms with Gasteiger partial charge in [0.15, 0.2) is 0 Å². The van der Waals surface area contributed by atoms with Crippen LogP contribution in [0.5, 0.6) is 0 Å². The highest BCUT2D eigenvalue weighted by Crippen LogP contribution is 2.25. The summed E-state index contributed by atoms with van der Waals surface area (Å²) in [7, 11) is 0. The zero-order valence-corrected chi connectivity index (χ0v) is 12.9. The first-order chi connectivity index (χ1) is 9.65. The third-order valence-electron chi connectivity index (χ3n) is 3.71. The van der Waals surface area contributed by atoms with E-state index < -0.39 is 0 Å². The molecule has 1 fully saturated rings. The van der Waals surface area contributed by atoms with Crippen LogP contribution in [-0.4, -0.2) is 35.4 Å². The Labute approximate surface area is 125 Å². The van der Waals surface area contributed by atoms with Crippen LogP contribution in [0.3, 0.4) is 0 Å². The Hall–Kier alpha value is -1.29. The van der Waals surface area contributed by atoms with Crippen molar-refractivity contribution in [2.75, 3.05) is 25.0 Å². The van der Waals surface area contributed by atoms with E-state index in [2.05, 4.69) is 17.2 Å². The molecule has 0 spiro atoms. The van der Waals surface area contributed by atoms with E-state index in [9.17, 15) is 4.79 Å². The first-order valence-corrected chi connectivity index (χ1v) is 7.72. The van der Waals surface area contributed by atoms with Crippen molar-refractivity contribution < 1.29 is 4.79 Å². The lowest BCUT2D eigenvalue weighted by atomic mass is 10.0. The van der Waals surface area contributed by atoms with Gasteiger partial charge in [0.1, 0.15) is 5.82 Å². The van der Waals surface area contributed by atoms with Gasteiger partial charge in [-0.3, -0.25) is 4.79 Å². The molecule has 2 rings (SSSR count). The standard InChI is InChI=1S/C15H22ClN3O/c1-3-5-11-6-7-19(10-11)15(20)12-8-14(17-4-2)18-9-13(12)16/h8-9,11H,3-7,10H2,1-2H3,(H,17,18). The lowest BCUT2D eigenvalue weighted by Gasteiger charge is -2.17. The van der Waals surface area contributed by atoms with Crippen LogP contribution in [0.15, 0.2) is 12.3 Å². The Balaban J connectivity index is 2.11. The van der Waals surface area contributed by atoms with Crippen LogP contribution in [0.2, 0.25) is 5.02 Å². The van der Waals surface area contributed by atoms with Crippen LogP contribution in [0.25, 0.3) is 0 Å². The van der Waals surface area contributed by atoms with Crippen LogP contribution < -0.4 is 5.32 Å². The molecule has 1 saturated heterocycles. The molecule has 1 aromatic heterocycles. The molecule has 1 aromatic rings. The second-order valence-corrected chi connectivity index (χ2v) is 5.68. The van der Waals surface area contributed by atoms with Crippen molar-refractivity contribution in [1.82, 2.24) is 9.88 Å². The number of pyridine rings is 1. The van der Waals surface area contributed by atoms with E-state index >= 15 is 0 Å². The van der Waals surface area contributed by atoms with Gasteiger partial charge in [0, 0.05) is 25.8 Å². The summed E-state index contributed by atoms with van der Waals surface area (Å²) in [6.45, 7) is 6.63. The number of hydrogen-bond acceptors (Lipinski definition) is 3. The fourth-order valence-corrected chi connectivity index (χ4v) is 2.90. The molecule has 4 nitrogen and oxygen atoms in total. The molecule has 1 unspecified atom stereocenters. The molecule has 1 amide bonds. The first kappa shape index (κ1) is 15.1. The molecule has 2 heterocycles. The number of carbonyl (C=O) groups is 1. The molecule has 1 atom stereocenters. The molecular formula is C15H22ClN3O. The minimum absolute atomic E-state index is 0.0233. The summed E-state index contributed by atoms with van der Waals surface area (Å²) in [4.78, 5) is 18.6. The molecule has 1 N–H and O–H groups in total. The molecule has 20 heavy (non-hydrogen) atoms. The van der Waals surface area contributed by atoms with E-state index in [-0.39, 0.29) is 5.91 Å². The number of hydrogen-bond donors (Lipinski definition) is 1. The van der Waals surface area contributed by atoms with Gasteiger partial charge in [-0.05, 0) is 31.7 Å². The summed E-state index contributed by atoms with van der Waals surface area (Å²) in [6, 6.07) is 1.75. The van der Waals surface area contributed by atoms with Crippen molar-refractivity contribution in [3.63, 3.8) is 0 Å². The number of carbonyl (C=O) groups excluding carboxylic acids is 1. The van der Waals surface area contributed by atoms with Crippen molar-refractivity contribution >= 4 is 23.3 Å². The van der Waals surface area contributed by atoms with E-state index in [4.69, 9.17) is 11.6 Å². The summed E-state index contributed by atoms with van der Waals surface area (Å²) in [5.41, 5.74) is 0.551. The minimum Gasteiger partial charge on any atom is -0.370 e. The molecule has 0 aromatic carbocycles. The van der Waals surface area contributed by atoms with Crippen molar-refractivity contribution in [2.24, 2.45) is 5.92 Å². The van der Waals surface area contributed by atoms with E-state index in [1.807, 2.05) is 11.8 Å². The Morgan fingerprint density at radius 1 is 1.55 bits per heavy atom. The number of anilines is 1. The highest BCUT2D eigenvalue weighted by Gasteiger charge is 2.27. The van der Waals surface area contributed by atoms with Crippen molar-refractivity contribution in [3.8, 4) is 0 Å². The summed E-state index contributed by atoms with van der Waals surface area (Å²) in [6.07, 6.45) is 5.01. The highest BCUT2D eigenvalue weighted by atomic mass is 35.5. The smallest absolute Gasteiger partial charge is 0.255 e. The number of nitrogens with zero attached hydrogens (tertiary/aromatic N) is 2. The predicted octanol–water partition coefficient (Wildman–Crippen LogP) is 3.43. The van der Waals surface area contributed by atoms with Crippen LogP contribution in [-0.2, 0) is 0 Å². The van der Waals surface area contributed by atoms with Gasteiger partial charge < -0.3 is 10.2 Å². The third kappa shape index (κ3) is 3.42. The Bertz CT molecular complexity index is 478. The monoisotopic (exact) mass is 295 g/mol. The van der Waals surface area contributed by atoms with Gasteiger partial charge >= 0.3 is 0 Å². The number of likely N-dealkylation sites (tertiary alicyclic amines) is 1. The summed E-state index contributed by atoms with van der Waals surface area (Å²) >= 11 is 6.13. The number of aromatic nitrogens is 1. The lowest BCUT2D eigenvalue weighted by Crippen LogP contribution is -2.29. The van der Waals surface area contributed by atoms with Gasteiger partial charge in [-0.15, -0.1) is 0 Å². The maximum absolute atomic E-state index is 12.6. The van der Waals surface area contributed by atoms with E-state index in [1.165, 1.54) is 12.8 Å². The maximum Gasteiger partial charge on any atom is 0.255 e. The number of amides is 1. The maximum atomic E-state index is 12.6. The molecule has 0 bridgehead atoms. The zero-order valence-electron chi connectivity index (χ0n) is 12.2. The molecule has 0 aliphatic carbocycles. The van der Waals surface area contributed by atoms with Crippen LogP contribution in [0.4, 0.5) is 5.82 Å². The Kier molecular flexibility index (Phi) is 5.24. The van der Waals surface area contributed by atoms with Crippen molar-refractivity contribution in [2.45, 2.75) is 33.1 Å². The number of rotatable bonds is 5. The van der Waals surface area contributed by atoms with Gasteiger partial charge in [-0.2, -0.15) is 0 Å². The Morgan fingerprint density at radius 2 is 2.35 bits per heavy atom. The molecule has 0 saturated carbocycles. The second kappa shape index (κ2) is 6.93. The van der Waals surface area contributed by atoms with Gasteiger partial charge in [-0.25, -0.2) is 4.98 Å². The Morgan fingerprint density at radius 3 is 3.05 bits per heavy atom. The quantitative estimate of drug-likeness (QED) is 0.905. The fourth-order valence-electron chi connectivity index (χ4n) is 2.71. The van der Waals surface area contributed by atoms with Crippen molar-refractivity contribution in [3.05, 3.63) is 22.8 Å². The average molecular weight is 296 g/mol. The van der Waals surface area contributed by atoms with Gasteiger partial charge in [0.25, 0.3) is 5.91 Å². The highest BCUT2D eigenvalue weighted by molar-refractivity contribution is 6.33. The van der Waals surface area contributed by atoms with E-state index in [0.29, 0.717) is 22.3 Å². The topological polar surface area (TPSA) is 45.2 Å². The third-order valence-corrected chi connectivity index (χ3v) is 4.01. The van der Waals surface area contributed by atoms with Crippen LogP contribution >= 0.6 is 11.6 Å². The average Bonchev–Trinajstić information content (AvgIpc) is 2.89. The summed E-state index contributed by atoms with van der Waals surface area (Å²) in [5, 5.41) is 3.54. The predicted molar refractivity (Wildman–Crippen MR) is 82.3 cm³/mol. The number of nitrogens with one attached hydrogen (secondary N) is 1. The second-order valence-electron chi connectivity index (χ2n) is 5.27. The molecule has 1 aliphatic rings. The molecule has 110 valence electrons. The van der Waals surface area contributed by atoms with Crippen LogP contribution in [0, 0.1) is 5.92 Å². The SMILES string of the molecule is CCCC1CCN(C(=O)c2cc(NCC)ncc2Cl)C1. The molecular weight excluding hydrogens is 274 g/mol. The minimum atomic E-state index is 0.0233. The van der Waals surface area contributed by atoms with Gasteiger partial charge in [0.05, 0.1) is 10.6 Å². The molecule has 1 aliphatic heterocycles. The van der Waals surface area contributed by atoms with Gasteiger partial charge in [-0.1, -0.05) is 24.9 Å². The molecule has 5 heteroatoms. The fraction of sp³-hybridized carbons (Fsp3) is 0.600. The van der Waals surface area contributed by atoms with Gasteiger partial charge in [0.2, 0.25) is 0 Å². The van der Waals surface area contributed by atoms with Crippen molar-refractivity contribution in [1.29, 1.82) is 0 Å². The normalized spacial score (nSPS) is 18.4. The zero-order chi connectivity index (χ0) is 14.5. The summed E-state index contributed by atoms with van der Waals surface area (Å²) < 4.78 is 0. The largest absolute Gasteiger partial charge is 0.370 e. The first-order valence-electron chi connectivity index (χ1n) is 7.34.